The summed E-state index contributed by atoms with van der Waals surface area (Å²) >= 11 is 3.26. The summed E-state index contributed by atoms with van der Waals surface area (Å²) in [5.41, 5.74) is 12.4. The second-order valence-electron chi connectivity index (χ2n) is 3.00. The molecule has 0 saturated heterocycles. The number of nitrogens with two attached hydrogens (primary N) is 2. The SMILES string of the molecule is Nc1ccc(C[C@H](N)C(=O)O)cc1Br. The molecule has 4 nitrogen and oxygen atoms in total. The molecule has 0 radical (unpaired) electrons. The molecule has 0 aliphatic carbocycles. The van der Waals surface area contributed by atoms with Crippen molar-refractivity contribution in [1.82, 2.24) is 0 Å². The molecule has 0 amide bonds. The van der Waals surface area contributed by atoms with Gasteiger partial charge in [0.05, 0.1) is 0 Å². The van der Waals surface area contributed by atoms with E-state index in [9.17, 15) is 4.79 Å². The van der Waals surface area contributed by atoms with Crippen molar-refractivity contribution in [3.63, 3.8) is 0 Å². The molecule has 0 aliphatic rings. The second-order valence-corrected chi connectivity index (χ2v) is 3.86. The lowest BCUT2D eigenvalue weighted by Crippen LogP contribution is -2.32. The van der Waals surface area contributed by atoms with Gasteiger partial charge in [-0.15, -0.1) is 0 Å². The summed E-state index contributed by atoms with van der Waals surface area (Å²) in [4.78, 5) is 10.5. The van der Waals surface area contributed by atoms with E-state index in [1.165, 1.54) is 0 Å². The van der Waals surface area contributed by atoms with Crippen molar-refractivity contribution in [3.05, 3.63) is 28.2 Å². The van der Waals surface area contributed by atoms with Crippen LogP contribution in [0.5, 0.6) is 0 Å². The van der Waals surface area contributed by atoms with Gasteiger partial charge >= 0.3 is 5.97 Å². The van der Waals surface area contributed by atoms with Gasteiger partial charge in [-0.2, -0.15) is 0 Å². The van der Waals surface area contributed by atoms with E-state index >= 15 is 0 Å². The molecule has 0 bridgehead atoms. The maximum absolute atomic E-state index is 10.5. The zero-order chi connectivity index (χ0) is 10.7. The highest BCUT2D eigenvalue weighted by atomic mass is 79.9. The molecule has 0 saturated carbocycles. The van der Waals surface area contributed by atoms with Crippen LogP contribution in [0.1, 0.15) is 5.56 Å². The minimum absolute atomic E-state index is 0.300. The molecule has 1 atom stereocenters. The number of rotatable bonds is 3. The molecule has 0 aliphatic heterocycles. The number of anilines is 1. The van der Waals surface area contributed by atoms with E-state index in [0.29, 0.717) is 12.1 Å². The Kier molecular flexibility index (Phi) is 3.49. The highest BCUT2D eigenvalue weighted by Gasteiger charge is 2.12. The van der Waals surface area contributed by atoms with E-state index < -0.39 is 12.0 Å². The molecule has 0 fully saturated rings. The first kappa shape index (κ1) is 11.0. The number of hydrogen-bond acceptors (Lipinski definition) is 3. The first-order valence-electron chi connectivity index (χ1n) is 4.03. The van der Waals surface area contributed by atoms with E-state index in [4.69, 9.17) is 16.6 Å². The molecule has 5 heteroatoms. The molecule has 0 spiro atoms. The van der Waals surface area contributed by atoms with Crippen molar-refractivity contribution >= 4 is 27.6 Å². The topological polar surface area (TPSA) is 89.3 Å². The summed E-state index contributed by atoms with van der Waals surface area (Å²) in [6.07, 6.45) is 0.300. The van der Waals surface area contributed by atoms with Gasteiger partial charge in [0.25, 0.3) is 0 Å². The molecule has 14 heavy (non-hydrogen) atoms. The number of aliphatic carboxylic acids is 1. The normalized spacial score (nSPS) is 12.4. The quantitative estimate of drug-likeness (QED) is 0.706. The van der Waals surface area contributed by atoms with Crippen LogP contribution < -0.4 is 11.5 Å². The number of carbonyl (C=O) groups is 1. The van der Waals surface area contributed by atoms with Crippen LogP contribution in [-0.2, 0) is 11.2 Å². The average Bonchev–Trinajstić information content (AvgIpc) is 2.11. The number of carboxylic acid groups (broad SMARTS) is 1. The Balaban J connectivity index is 2.78. The second kappa shape index (κ2) is 4.43. The van der Waals surface area contributed by atoms with Crippen molar-refractivity contribution < 1.29 is 9.90 Å². The fraction of sp³-hybridized carbons (Fsp3) is 0.222. The molecule has 0 unspecified atom stereocenters. The maximum Gasteiger partial charge on any atom is 0.320 e. The standard InChI is InChI=1S/C9H11BrN2O2/c10-6-3-5(1-2-7(6)11)4-8(12)9(13)14/h1-3,8H,4,11-12H2,(H,13,14)/t8-/m0/s1. The largest absolute Gasteiger partial charge is 0.480 e. The third-order valence-corrected chi connectivity index (χ3v) is 2.52. The van der Waals surface area contributed by atoms with Crippen LogP contribution in [0.3, 0.4) is 0 Å². The summed E-state index contributed by atoms with van der Waals surface area (Å²) in [6, 6.07) is 4.39. The molecular formula is C9H11BrN2O2. The van der Waals surface area contributed by atoms with Gasteiger partial charge in [0.15, 0.2) is 0 Å². The van der Waals surface area contributed by atoms with Crippen molar-refractivity contribution in [3.8, 4) is 0 Å². The van der Waals surface area contributed by atoms with Gasteiger partial charge in [-0.25, -0.2) is 0 Å². The molecule has 5 N–H and O–H groups in total. The van der Waals surface area contributed by atoms with Gasteiger partial charge in [-0.1, -0.05) is 6.07 Å². The molecular weight excluding hydrogens is 248 g/mol. The highest BCUT2D eigenvalue weighted by Crippen LogP contribution is 2.20. The Hall–Kier alpha value is -1.07. The van der Waals surface area contributed by atoms with Crippen LogP contribution in [0.4, 0.5) is 5.69 Å². The molecule has 0 heterocycles. The van der Waals surface area contributed by atoms with Crippen LogP contribution in [0.15, 0.2) is 22.7 Å². The molecule has 1 aromatic carbocycles. The predicted octanol–water partition coefficient (Wildman–Crippen LogP) is 0.986. The zero-order valence-corrected chi connectivity index (χ0v) is 8.99. The summed E-state index contributed by atoms with van der Waals surface area (Å²) in [5.74, 6) is -1.00. The Labute approximate surface area is 90.0 Å². The van der Waals surface area contributed by atoms with Crippen molar-refractivity contribution in [2.75, 3.05) is 5.73 Å². The number of carboxylic acids is 1. The molecule has 1 rings (SSSR count). The third kappa shape index (κ3) is 2.71. The lowest BCUT2D eigenvalue weighted by Gasteiger charge is -2.07. The van der Waals surface area contributed by atoms with Gasteiger partial charge in [0.2, 0.25) is 0 Å². The number of hydrogen-bond donors (Lipinski definition) is 3. The Bertz CT molecular complexity index is 355. The monoisotopic (exact) mass is 258 g/mol. The number of benzene rings is 1. The van der Waals surface area contributed by atoms with Gasteiger partial charge in [-0.05, 0) is 40.0 Å². The average molecular weight is 259 g/mol. The van der Waals surface area contributed by atoms with E-state index in [2.05, 4.69) is 15.9 Å². The fourth-order valence-corrected chi connectivity index (χ4v) is 1.47. The van der Waals surface area contributed by atoms with Crippen LogP contribution in [0.25, 0.3) is 0 Å². The van der Waals surface area contributed by atoms with Crippen molar-refractivity contribution in [2.45, 2.75) is 12.5 Å². The molecule has 0 aromatic heterocycles. The van der Waals surface area contributed by atoms with Gasteiger partial charge in [0, 0.05) is 10.2 Å². The Morgan fingerprint density at radius 1 is 1.57 bits per heavy atom. The number of nitrogen functional groups attached to an aromatic ring is 1. The summed E-state index contributed by atoms with van der Waals surface area (Å²) in [5, 5.41) is 8.61. The maximum atomic E-state index is 10.5. The fourth-order valence-electron chi connectivity index (χ4n) is 1.04. The lowest BCUT2D eigenvalue weighted by molar-refractivity contribution is -0.138. The van der Waals surface area contributed by atoms with Crippen molar-refractivity contribution in [1.29, 1.82) is 0 Å². The van der Waals surface area contributed by atoms with E-state index in [1.54, 1.807) is 18.2 Å². The first-order chi connectivity index (χ1) is 6.50. The Morgan fingerprint density at radius 2 is 2.21 bits per heavy atom. The summed E-state index contributed by atoms with van der Waals surface area (Å²) < 4.78 is 0.757. The van der Waals surface area contributed by atoms with Gasteiger partial charge in [-0.3, -0.25) is 4.79 Å². The van der Waals surface area contributed by atoms with Crippen molar-refractivity contribution in [2.24, 2.45) is 5.73 Å². The van der Waals surface area contributed by atoms with E-state index in [0.717, 1.165) is 10.0 Å². The smallest absolute Gasteiger partial charge is 0.320 e. The van der Waals surface area contributed by atoms with Gasteiger partial charge in [0.1, 0.15) is 6.04 Å². The van der Waals surface area contributed by atoms with E-state index in [1.807, 2.05) is 0 Å². The van der Waals surface area contributed by atoms with E-state index in [-0.39, 0.29) is 0 Å². The first-order valence-corrected chi connectivity index (χ1v) is 4.82. The predicted molar refractivity (Wildman–Crippen MR) is 57.9 cm³/mol. The van der Waals surface area contributed by atoms with Crippen LogP contribution in [0, 0.1) is 0 Å². The minimum Gasteiger partial charge on any atom is -0.480 e. The molecule has 1 aromatic rings. The lowest BCUT2D eigenvalue weighted by atomic mass is 10.1. The Morgan fingerprint density at radius 3 is 2.71 bits per heavy atom. The third-order valence-electron chi connectivity index (χ3n) is 1.84. The highest BCUT2D eigenvalue weighted by molar-refractivity contribution is 9.10. The summed E-state index contributed by atoms with van der Waals surface area (Å²) in [7, 11) is 0. The zero-order valence-electron chi connectivity index (χ0n) is 7.40. The van der Waals surface area contributed by atoms with Crippen LogP contribution >= 0.6 is 15.9 Å². The summed E-state index contributed by atoms with van der Waals surface area (Å²) in [6.45, 7) is 0. The van der Waals surface area contributed by atoms with Crippen LogP contribution in [0.2, 0.25) is 0 Å². The van der Waals surface area contributed by atoms with Crippen LogP contribution in [-0.4, -0.2) is 17.1 Å². The molecule has 76 valence electrons. The van der Waals surface area contributed by atoms with Gasteiger partial charge < -0.3 is 16.6 Å². The minimum atomic E-state index is -1.00. The number of halogens is 1.